The van der Waals surface area contributed by atoms with Gasteiger partial charge >= 0.3 is 0 Å². The maximum atomic E-state index is 14.1. The summed E-state index contributed by atoms with van der Waals surface area (Å²) in [6, 6.07) is 20.8. The third-order valence-electron chi connectivity index (χ3n) is 8.51. The Morgan fingerprint density at radius 1 is 0.882 bits per heavy atom. The SMILES string of the molecule is O=C1/C(=C/c2ccccc2)CC[C@@]12CC1=C(O[C@H]2c2ccccc2)[C@H](C2=CCCCC2)CCC1. The Hall–Kier alpha value is -2.87. The Kier molecular flexibility index (Phi) is 5.77. The average molecular weight is 451 g/mol. The predicted octanol–water partition coefficient (Wildman–Crippen LogP) is 8.14. The van der Waals surface area contributed by atoms with Crippen molar-refractivity contribution in [3.63, 3.8) is 0 Å². The van der Waals surface area contributed by atoms with E-state index in [0.717, 1.165) is 42.4 Å². The molecule has 3 aliphatic carbocycles. The molecule has 0 saturated heterocycles. The van der Waals surface area contributed by atoms with Crippen LogP contribution in [-0.2, 0) is 9.53 Å². The smallest absolute Gasteiger partial charge is 0.169 e. The molecule has 1 aliphatic heterocycles. The molecular weight excluding hydrogens is 416 g/mol. The molecule has 2 nitrogen and oxygen atoms in total. The van der Waals surface area contributed by atoms with Crippen LogP contribution in [0.4, 0.5) is 0 Å². The average Bonchev–Trinajstić information content (AvgIpc) is 3.19. The highest BCUT2D eigenvalue weighted by molar-refractivity contribution is 6.06. The van der Waals surface area contributed by atoms with Crippen LogP contribution in [0.3, 0.4) is 0 Å². The van der Waals surface area contributed by atoms with Gasteiger partial charge in [0.05, 0.1) is 5.41 Å². The Bertz CT molecular complexity index is 1150. The second kappa shape index (κ2) is 9.06. The summed E-state index contributed by atoms with van der Waals surface area (Å²) in [5.41, 5.74) is 5.74. The van der Waals surface area contributed by atoms with Gasteiger partial charge in [-0.15, -0.1) is 0 Å². The highest BCUT2D eigenvalue weighted by Crippen LogP contribution is 2.59. The molecule has 1 spiro atoms. The van der Waals surface area contributed by atoms with Gasteiger partial charge < -0.3 is 4.74 Å². The summed E-state index contributed by atoms with van der Waals surface area (Å²) in [6.07, 6.45) is 15.4. The maximum Gasteiger partial charge on any atom is 0.169 e. The molecule has 3 atom stereocenters. The van der Waals surface area contributed by atoms with E-state index in [4.69, 9.17) is 4.74 Å². The quantitative estimate of drug-likeness (QED) is 0.348. The fraction of sp³-hybridized carbons (Fsp3) is 0.406. The Morgan fingerprint density at radius 2 is 1.68 bits per heavy atom. The molecule has 0 amide bonds. The molecule has 1 fully saturated rings. The van der Waals surface area contributed by atoms with Gasteiger partial charge in [0, 0.05) is 5.92 Å². The number of ketones is 1. The van der Waals surface area contributed by atoms with E-state index >= 15 is 0 Å². The zero-order chi connectivity index (χ0) is 23.0. The largest absolute Gasteiger partial charge is 0.488 e. The van der Waals surface area contributed by atoms with Gasteiger partial charge in [-0.2, -0.15) is 0 Å². The van der Waals surface area contributed by atoms with Crippen molar-refractivity contribution in [3.05, 3.63) is 100 Å². The topological polar surface area (TPSA) is 26.3 Å². The summed E-state index contributed by atoms with van der Waals surface area (Å²) in [5, 5.41) is 0. The third kappa shape index (κ3) is 3.78. The lowest BCUT2D eigenvalue weighted by Crippen LogP contribution is -2.40. The van der Waals surface area contributed by atoms with Gasteiger partial charge in [0.25, 0.3) is 0 Å². The number of carbonyl (C=O) groups excluding carboxylic acids is 1. The number of allylic oxidation sites excluding steroid dienone is 4. The molecule has 0 aromatic heterocycles. The highest BCUT2D eigenvalue weighted by atomic mass is 16.5. The molecule has 0 unspecified atom stereocenters. The van der Waals surface area contributed by atoms with Crippen molar-refractivity contribution in [3.8, 4) is 0 Å². The summed E-state index contributed by atoms with van der Waals surface area (Å²) in [6.45, 7) is 0. The molecule has 2 heteroatoms. The summed E-state index contributed by atoms with van der Waals surface area (Å²) < 4.78 is 7.04. The van der Waals surface area contributed by atoms with E-state index in [9.17, 15) is 4.79 Å². The standard InChI is InChI=1S/C32H34O2/c33-30-26(21-23-11-4-1-5-12-23)19-20-32(30)22-27-17-10-18-28(24-13-6-2-7-14-24)29(27)34-31(32)25-15-8-3-9-16-25/h1,3-5,8-9,11-13,15-16,21,28,31H,2,6-7,10,14,17-20,22H2/b26-21+/t28-,31-,32+/m0/s1. The van der Waals surface area contributed by atoms with Gasteiger partial charge in [-0.25, -0.2) is 0 Å². The van der Waals surface area contributed by atoms with E-state index in [1.165, 1.54) is 49.9 Å². The third-order valence-corrected chi connectivity index (χ3v) is 8.51. The van der Waals surface area contributed by atoms with Crippen molar-refractivity contribution in [1.29, 1.82) is 0 Å². The minimum atomic E-state index is -0.483. The molecule has 0 radical (unpaired) electrons. The van der Waals surface area contributed by atoms with E-state index in [-0.39, 0.29) is 6.10 Å². The molecular formula is C32H34O2. The van der Waals surface area contributed by atoms with E-state index < -0.39 is 5.41 Å². The summed E-state index contributed by atoms with van der Waals surface area (Å²) >= 11 is 0. The van der Waals surface area contributed by atoms with Crippen molar-refractivity contribution >= 4 is 11.9 Å². The number of carbonyl (C=O) groups is 1. The summed E-state index contributed by atoms with van der Waals surface area (Å²) in [7, 11) is 0. The number of benzene rings is 2. The molecule has 6 rings (SSSR count). The van der Waals surface area contributed by atoms with Crippen molar-refractivity contribution in [2.45, 2.75) is 70.3 Å². The van der Waals surface area contributed by atoms with Crippen LogP contribution in [-0.4, -0.2) is 5.78 Å². The van der Waals surface area contributed by atoms with Crippen LogP contribution in [0.2, 0.25) is 0 Å². The number of hydrogen-bond acceptors (Lipinski definition) is 2. The lowest BCUT2D eigenvalue weighted by molar-refractivity contribution is -0.134. The van der Waals surface area contributed by atoms with Crippen molar-refractivity contribution in [2.75, 3.05) is 0 Å². The van der Waals surface area contributed by atoms with Crippen molar-refractivity contribution < 1.29 is 9.53 Å². The van der Waals surface area contributed by atoms with E-state index in [1.807, 2.05) is 18.2 Å². The van der Waals surface area contributed by atoms with Crippen LogP contribution in [0.5, 0.6) is 0 Å². The molecule has 0 bridgehead atoms. The number of Topliss-reactive ketones (excluding diaryl/α,β-unsaturated/α-hetero) is 1. The maximum absolute atomic E-state index is 14.1. The van der Waals surface area contributed by atoms with Crippen molar-refractivity contribution in [1.82, 2.24) is 0 Å². The van der Waals surface area contributed by atoms with Gasteiger partial charge in [-0.05, 0) is 92.6 Å². The van der Waals surface area contributed by atoms with Crippen LogP contribution in [0.15, 0.2) is 89.2 Å². The van der Waals surface area contributed by atoms with Gasteiger partial charge in [0.2, 0.25) is 0 Å². The Balaban J connectivity index is 1.41. The molecule has 1 heterocycles. The Morgan fingerprint density at radius 3 is 2.44 bits per heavy atom. The fourth-order valence-corrected chi connectivity index (χ4v) is 6.83. The molecule has 1 saturated carbocycles. The minimum absolute atomic E-state index is 0.202. The monoisotopic (exact) mass is 450 g/mol. The Labute approximate surface area is 203 Å². The van der Waals surface area contributed by atoms with E-state index in [1.54, 1.807) is 5.57 Å². The second-order valence-corrected chi connectivity index (χ2v) is 10.6. The molecule has 34 heavy (non-hydrogen) atoms. The zero-order valence-electron chi connectivity index (χ0n) is 20.0. The number of rotatable bonds is 3. The first-order chi connectivity index (χ1) is 16.7. The first kappa shape index (κ1) is 21.6. The highest BCUT2D eigenvalue weighted by Gasteiger charge is 2.56. The van der Waals surface area contributed by atoms with E-state index in [0.29, 0.717) is 11.7 Å². The van der Waals surface area contributed by atoms with Gasteiger partial charge in [0.15, 0.2) is 5.78 Å². The number of ether oxygens (including phenoxy) is 1. The fourth-order valence-electron chi connectivity index (χ4n) is 6.83. The van der Waals surface area contributed by atoms with Crippen LogP contribution < -0.4 is 0 Å². The molecule has 4 aliphatic rings. The first-order valence-corrected chi connectivity index (χ1v) is 13.2. The van der Waals surface area contributed by atoms with Gasteiger partial charge in [-0.3, -0.25) is 4.79 Å². The zero-order valence-corrected chi connectivity index (χ0v) is 20.0. The summed E-state index contributed by atoms with van der Waals surface area (Å²) in [4.78, 5) is 14.1. The lowest BCUT2D eigenvalue weighted by Gasteiger charge is -2.46. The van der Waals surface area contributed by atoms with Gasteiger partial charge in [0.1, 0.15) is 11.9 Å². The molecule has 2 aromatic rings. The lowest BCUT2D eigenvalue weighted by atomic mass is 9.66. The number of hydrogen-bond donors (Lipinski definition) is 0. The first-order valence-electron chi connectivity index (χ1n) is 13.2. The molecule has 2 aromatic carbocycles. The predicted molar refractivity (Wildman–Crippen MR) is 137 cm³/mol. The van der Waals surface area contributed by atoms with Gasteiger partial charge in [-0.1, -0.05) is 72.3 Å². The normalized spacial score (nSPS) is 30.3. The van der Waals surface area contributed by atoms with Crippen LogP contribution in [0.1, 0.15) is 81.4 Å². The van der Waals surface area contributed by atoms with Crippen LogP contribution >= 0.6 is 0 Å². The minimum Gasteiger partial charge on any atom is -0.488 e. The van der Waals surface area contributed by atoms with Crippen LogP contribution in [0.25, 0.3) is 6.08 Å². The van der Waals surface area contributed by atoms with E-state index in [2.05, 4.69) is 54.6 Å². The second-order valence-electron chi connectivity index (χ2n) is 10.6. The molecule has 0 N–H and O–H groups in total. The van der Waals surface area contributed by atoms with Crippen LogP contribution in [0, 0.1) is 11.3 Å². The van der Waals surface area contributed by atoms with Crippen molar-refractivity contribution in [2.24, 2.45) is 11.3 Å². The summed E-state index contributed by atoms with van der Waals surface area (Å²) in [5.74, 6) is 1.94. The molecule has 174 valence electrons.